The third-order valence-electron chi connectivity index (χ3n) is 11.2. The van der Waals surface area contributed by atoms with E-state index in [-0.39, 0.29) is 0 Å². The first-order valence-electron chi connectivity index (χ1n) is 19.1. The summed E-state index contributed by atoms with van der Waals surface area (Å²) in [5.74, 6) is 1.78. The lowest BCUT2D eigenvalue weighted by molar-refractivity contribution is 0.669. The van der Waals surface area contributed by atoms with Crippen molar-refractivity contribution >= 4 is 65.6 Å². The van der Waals surface area contributed by atoms with Gasteiger partial charge in [-0.15, -0.1) is 0 Å². The minimum absolute atomic E-state index is 0.563. The number of rotatable bonds is 5. The zero-order valence-electron chi connectivity index (χ0n) is 30.5. The number of hydrogen-bond donors (Lipinski definition) is 0. The Morgan fingerprint density at radius 2 is 0.860 bits per heavy atom. The van der Waals surface area contributed by atoms with Gasteiger partial charge in [-0.2, -0.15) is 9.97 Å². The van der Waals surface area contributed by atoms with Gasteiger partial charge in [-0.1, -0.05) is 127 Å². The van der Waals surface area contributed by atoms with Crippen LogP contribution < -0.4 is 0 Å². The SMILES string of the molecule is c1ccc(-c2nc(-c3ccc4c5ccccc5n(-c5ccccc5)c4c3)nc(-n3c4ccccc4c4cc(-c5ccc6oc7ccccc7c6c5)ccc43)n2)cc1. The topological polar surface area (TPSA) is 61.7 Å². The average Bonchev–Trinajstić information content (AvgIpc) is 3.94. The second-order valence-corrected chi connectivity index (χ2v) is 14.5. The van der Waals surface area contributed by atoms with Crippen molar-refractivity contribution in [1.82, 2.24) is 24.1 Å². The lowest BCUT2D eigenvalue weighted by Gasteiger charge is -2.12. The maximum atomic E-state index is 6.14. The predicted octanol–water partition coefficient (Wildman–Crippen LogP) is 13.0. The Morgan fingerprint density at radius 3 is 1.65 bits per heavy atom. The molecule has 12 rings (SSSR count). The molecule has 57 heavy (non-hydrogen) atoms. The molecule has 0 saturated carbocycles. The molecule has 0 atom stereocenters. The highest BCUT2D eigenvalue weighted by molar-refractivity contribution is 6.12. The quantitative estimate of drug-likeness (QED) is 0.177. The van der Waals surface area contributed by atoms with Gasteiger partial charge in [0.05, 0.1) is 22.1 Å². The van der Waals surface area contributed by atoms with Gasteiger partial charge in [0, 0.05) is 49.1 Å². The Kier molecular flexibility index (Phi) is 6.83. The fraction of sp³-hybridized carbons (Fsp3) is 0. The van der Waals surface area contributed by atoms with Gasteiger partial charge in [0.2, 0.25) is 5.95 Å². The Morgan fingerprint density at radius 1 is 0.316 bits per heavy atom. The highest BCUT2D eigenvalue weighted by atomic mass is 16.3. The number of para-hydroxylation sites is 4. The lowest BCUT2D eigenvalue weighted by Crippen LogP contribution is -2.06. The highest BCUT2D eigenvalue weighted by Crippen LogP contribution is 2.38. The van der Waals surface area contributed by atoms with Crippen LogP contribution in [0.3, 0.4) is 0 Å². The van der Waals surface area contributed by atoms with Crippen molar-refractivity contribution in [2.45, 2.75) is 0 Å². The molecule has 0 fully saturated rings. The third-order valence-corrected chi connectivity index (χ3v) is 11.2. The molecule has 0 aliphatic carbocycles. The van der Waals surface area contributed by atoms with E-state index in [1.807, 2.05) is 30.3 Å². The van der Waals surface area contributed by atoms with E-state index >= 15 is 0 Å². The van der Waals surface area contributed by atoms with E-state index in [1.165, 1.54) is 10.8 Å². The minimum atomic E-state index is 0.563. The second-order valence-electron chi connectivity index (χ2n) is 14.5. The molecule has 0 N–H and O–H groups in total. The van der Waals surface area contributed by atoms with Crippen LogP contribution in [0.15, 0.2) is 192 Å². The van der Waals surface area contributed by atoms with E-state index in [0.29, 0.717) is 17.6 Å². The molecule has 0 aliphatic rings. The van der Waals surface area contributed by atoms with Crippen molar-refractivity contribution in [2.24, 2.45) is 0 Å². The van der Waals surface area contributed by atoms with Crippen LogP contribution in [0.2, 0.25) is 0 Å². The summed E-state index contributed by atoms with van der Waals surface area (Å²) in [5, 5.41) is 6.85. The molecule has 266 valence electrons. The van der Waals surface area contributed by atoms with E-state index in [1.54, 1.807) is 0 Å². The molecule has 0 spiro atoms. The van der Waals surface area contributed by atoms with Crippen molar-refractivity contribution in [1.29, 1.82) is 0 Å². The lowest BCUT2D eigenvalue weighted by atomic mass is 10.0. The van der Waals surface area contributed by atoms with Gasteiger partial charge in [0.1, 0.15) is 11.2 Å². The Hall–Kier alpha value is -7.83. The number of fused-ring (bicyclic) bond motifs is 9. The molecule has 0 saturated heterocycles. The molecular weight excluding hydrogens is 699 g/mol. The van der Waals surface area contributed by atoms with Crippen LogP contribution in [0.4, 0.5) is 0 Å². The Balaban J connectivity index is 1.07. The summed E-state index contributed by atoms with van der Waals surface area (Å²) in [7, 11) is 0. The predicted molar refractivity (Wildman–Crippen MR) is 232 cm³/mol. The second kappa shape index (κ2) is 12.3. The van der Waals surface area contributed by atoms with Gasteiger partial charge in [-0.3, -0.25) is 4.57 Å². The van der Waals surface area contributed by atoms with E-state index in [4.69, 9.17) is 19.4 Å². The number of benzene rings is 8. The Labute approximate surface area is 326 Å². The summed E-state index contributed by atoms with van der Waals surface area (Å²) in [6, 6.07) is 65.6. The smallest absolute Gasteiger partial charge is 0.238 e. The molecule has 6 heteroatoms. The molecule has 0 bridgehead atoms. The van der Waals surface area contributed by atoms with Crippen LogP contribution in [0.25, 0.3) is 111 Å². The molecule has 0 aliphatic heterocycles. The van der Waals surface area contributed by atoms with Crippen LogP contribution in [-0.4, -0.2) is 24.1 Å². The summed E-state index contributed by atoms with van der Waals surface area (Å²) in [6.45, 7) is 0. The molecule has 4 aromatic heterocycles. The van der Waals surface area contributed by atoms with Crippen LogP contribution >= 0.6 is 0 Å². The first-order chi connectivity index (χ1) is 28.2. The van der Waals surface area contributed by atoms with E-state index in [2.05, 4.69) is 167 Å². The molecular formula is C51H31N5O. The molecule has 0 unspecified atom stereocenters. The van der Waals surface area contributed by atoms with E-state index in [0.717, 1.165) is 82.7 Å². The van der Waals surface area contributed by atoms with E-state index in [9.17, 15) is 0 Å². The first-order valence-corrected chi connectivity index (χ1v) is 19.1. The minimum Gasteiger partial charge on any atom is -0.456 e. The van der Waals surface area contributed by atoms with Crippen LogP contribution in [0.1, 0.15) is 0 Å². The largest absolute Gasteiger partial charge is 0.456 e. The highest BCUT2D eigenvalue weighted by Gasteiger charge is 2.20. The van der Waals surface area contributed by atoms with Crippen LogP contribution in [0.5, 0.6) is 0 Å². The zero-order valence-corrected chi connectivity index (χ0v) is 30.5. The van der Waals surface area contributed by atoms with Crippen molar-refractivity contribution in [3.8, 4) is 45.5 Å². The van der Waals surface area contributed by atoms with Gasteiger partial charge in [-0.25, -0.2) is 4.98 Å². The van der Waals surface area contributed by atoms with Crippen LogP contribution in [0, 0.1) is 0 Å². The normalized spacial score (nSPS) is 11.9. The molecule has 12 aromatic rings. The summed E-state index contributed by atoms with van der Waals surface area (Å²) in [5.41, 5.74) is 11.3. The fourth-order valence-electron chi connectivity index (χ4n) is 8.55. The molecule has 0 amide bonds. The van der Waals surface area contributed by atoms with Gasteiger partial charge in [0.15, 0.2) is 11.6 Å². The first kappa shape index (κ1) is 31.5. The number of nitrogens with zero attached hydrogens (tertiary/aromatic N) is 5. The third kappa shape index (κ3) is 4.94. The van der Waals surface area contributed by atoms with Crippen molar-refractivity contribution in [2.75, 3.05) is 0 Å². The van der Waals surface area contributed by atoms with Gasteiger partial charge < -0.3 is 8.98 Å². The van der Waals surface area contributed by atoms with E-state index < -0.39 is 0 Å². The number of aromatic nitrogens is 5. The van der Waals surface area contributed by atoms with Crippen molar-refractivity contribution in [3.63, 3.8) is 0 Å². The molecule has 8 aromatic carbocycles. The van der Waals surface area contributed by atoms with Crippen molar-refractivity contribution < 1.29 is 4.42 Å². The standard InChI is InChI=1S/C51H31N5O/c1-3-13-32(14-4-1)49-52-50(35-23-26-39-37-17-7-10-20-43(37)55(46(39)31-35)36-15-5-2-6-16-36)54-51(53-49)56-44-21-11-8-18-38(44)41-29-33(24-27-45(41)56)34-25-28-48-42(30-34)40-19-9-12-22-47(40)57-48/h1-31H. The Bertz CT molecular complexity index is 3520. The zero-order chi connectivity index (χ0) is 37.5. The maximum Gasteiger partial charge on any atom is 0.238 e. The maximum absolute atomic E-state index is 6.14. The fourth-order valence-corrected chi connectivity index (χ4v) is 8.55. The summed E-state index contributed by atoms with van der Waals surface area (Å²) >= 11 is 0. The van der Waals surface area contributed by atoms with Crippen LogP contribution in [-0.2, 0) is 0 Å². The molecule has 6 nitrogen and oxygen atoms in total. The molecule has 0 radical (unpaired) electrons. The summed E-state index contributed by atoms with van der Waals surface area (Å²) in [6.07, 6.45) is 0. The number of furan rings is 1. The average molecular weight is 730 g/mol. The summed E-state index contributed by atoms with van der Waals surface area (Å²) in [4.78, 5) is 15.6. The van der Waals surface area contributed by atoms with Gasteiger partial charge in [-0.05, 0) is 71.8 Å². The van der Waals surface area contributed by atoms with Gasteiger partial charge in [0.25, 0.3) is 0 Å². The number of hydrogen-bond acceptors (Lipinski definition) is 4. The molecule has 4 heterocycles. The summed E-state index contributed by atoms with van der Waals surface area (Å²) < 4.78 is 10.6. The monoisotopic (exact) mass is 729 g/mol. The van der Waals surface area contributed by atoms with Gasteiger partial charge >= 0.3 is 0 Å². The van der Waals surface area contributed by atoms with Crippen molar-refractivity contribution in [3.05, 3.63) is 188 Å².